The lowest BCUT2D eigenvalue weighted by atomic mass is 9.97. The molecule has 8 bridgehead atoms. The number of thioether (sulfide) groups is 1. The first-order valence-electron chi connectivity index (χ1n) is 17.9. The lowest BCUT2D eigenvalue weighted by Crippen LogP contribution is -2.40. The third-order valence-corrected chi connectivity index (χ3v) is 11.7. The fraction of sp³-hybridized carbons (Fsp3) is 0.375. The fourth-order valence-electron chi connectivity index (χ4n) is 7.55. The summed E-state index contributed by atoms with van der Waals surface area (Å²) in [6.45, 7) is 6.63. The van der Waals surface area contributed by atoms with Crippen LogP contribution in [0.25, 0.3) is 32.8 Å². The number of rotatable bonds is 7. The van der Waals surface area contributed by atoms with Crippen LogP contribution in [0.4, 0.5) is 4.39 Å². The van der Waals surface area contributed by atoms with Gasteiger partial charge in [-0.05, 0) is 79.8 Å². The number of hydrogen-bond acceptors (Lipinski definition) is 6. The van der Waals surface area contributed by atoms with E-state index in [9.17, 15) is 9.90 Å². The molecule has 1 aliphatic rings. The summed E-state index contributed by atoms with van der Waals surface area (Å²) in [6.07, 6.45) is 1.84. The smallest absolute Gasteiger partial charge is 0.352 e. The van der Waals surface area contributed by atoms with Crippen LogP contribution in [0.3, 0.4) is 0 Å². The quantitative estimate of drug-likeness (QED) is 0.124. The number of fused-ring (bicyclic) bond motifs is 8. The van der Waals surface area contributed by atoms with Crippen LogP contribution in [0.5, 0.6) is 5.75 Å². The van der Waals surface area contributed by atoms with Gasteiger partial charge in [-0.25, -0.2) is 9.18 Å². The number of halogens is 3. The molecule has 1 aliphatic heterocycles. The normalized spacial score (nSPS) is 14.0. The van der Waals surface area contributed by atoms with Gasteiger partial charge < -0.3 is 23.9 Å². The van der Waals surface area contributed by atoms with Gasteiger partial charge in [0.2, 0.25) is 5.69 Å². The number of nitrogens with zero attached hydrogens (tertiary/aromatic N) is 4. The van der Waals surface area contributed by atoms with E-state index in [0.29, 0.717) is 90.8 Å². The minimum Gasteiger partial charge on any atom is -0.493 e. The maximum atomic E-state index is 15.4. The van der Waals surface area contributed by atoms with Gasteiger partial charge in [-0.15, -0.1) is 16.4 Å². The average molecular weight is 796 g/mol. The van der Waals surface area contributed by atoms with E-state index < -0.39 is 11.8 Å². The van der Waals surface area contributed by atoms with Gasteiger partial charge in [0.25, 0.3) is 0 Å². The number of benzene rings is 3. The Labute approximate surface area is 327 Å². The van der Waals surface area contributed by atoms with Crippen LogP contribution in [-0.4, -0.2) is 64.1 Å². The molecule has 6 aromatic rings. The van der Waals surface area contributed by atoms with Crippen molar-refractivity contribution in [3.05, 3.63) is 97.9 Å². The van der Waals surface area contributed by atoms with Gasteiger partial charge in [-0.2, -0.15) is 10.2 Å². The molecule has 0 atom stereocenters. The zero-order valence-electron chi connectivity index (χ0n) is 30.7. The molecule has 14 heteroatoms. The van der Waals surface area contributed by atoms with E-state index in [1.165, 1.54) is 0 Å². The molecule has 4 heterocycles. The van der Waals surface area contributed by atoms with Gasteiger partial charge in [-0.1, -0.05) is 23.2 Å². The molecule has 0 spiro atoms. The van der Waals surface area contributed by atoms with Crippen LogP contribution in [0, 0.1) is 19.7 Å². The van der Waals surface area contributed by atoms with Crippen molar-refractivity contribution in [2.75, 3.05) is 33.5 Å². The number of hydrogen-bond donors (Lipinski definition) is 2. The Morgan fingerprint density at radius 3 is 2.67 bits per heavy atom. The van der Waals surface area contributed by atoms with E-state index in [2.05, 4.69) is 22.8 Å². The number of carbonyl (C=O) groups is 1. The minimum absolute atomic E-state index is 0.0513. The topological polar surface area (TPSA) is 107 Å². The van der Waals surface area contributed by atoms with Crippen molar-refractivity contribution in [1.29, 1.82) is 0 Å². The zero-order chi connectivity index (χ0) is 38.1. The van der Waals surface area contributed by atoms with Crippen LogP contribution in [0.1, 0.15) is 50.8 Å². The van der Waals surface area contributed by atoms with E-state index in [1.807, 2.05) is 47.5 Å². The average Bonchev–Trinajstić information content (AvgIpc) is 3.76. The summed E-state index contributed by atoms with van der Waals surface area (Å²) in [6, 6.07) is 13.0. The third-order valence-electron chi connectivity index (χ3n) is 10.1. The van der Waals surface area contributed by atoms with Crippen molar-refractivity contribution >= 4 is 62.6 Å². The number of aryl methyl sites for hydroxylation is 5. The highest BCUT2D eigenvalue weighted by molar-refractivity contribution is 7.97. The summed E-state index contributed by atoms with van der Waals surface area (Å²) in [5.41, 5.74) is 8.23. The molecule has 0 fully saturated rings. The number of methoxy groups -OCH3 is 1. The Balaban J connectivity index is 1.33. The van der Waals surface area contributed by atoms with E-state index in [0.717, 1.165) is 50.4 Å². The fourth-order valence-corrected chi connectivity index (χ4v) is 8.83. The van der Waals surface area contributed by atoms with E-state index in [-0.39, 0.29) is 17.3 Å². The molecule has 284 valence electrons. The highest BCUT2D eigenvalue weighted by Crippen LogP contribution is 2.43. The summed E-state index contributed by atoms with van der Waals surface area (Å²) in [5, 5.41) is 21.4. The Morgan fingerprint density at radius 1 is 1.06 bits per heavy atom. The molecular weight excluding hydrogens is 752 g/mol. The maximum Gasteiger partial charge on any atom is 0.352 e. The van der Waals surface area contributed by atoms with Crippen molar-refractivity contribution in [3.63, 3.8) is 0 Å². The summed E-state index contributed by atoms with van der Waals surface area (Å²) in [7, 11) is 3.60. The summed E-state index contributed by atoms with van der Waals surface area (Å²) in [5.74, 6) is 0.344. The van der Waals surface area contributed by atoms with E-state index in [1.54, 1.807) is 31.0 Å². The Bertz CT molecular complexity index is 2370. The van der Waals surface area contributed by atoms with Crippen molar-refractivity contribution in [2.45, 2.75) is 57.7 Å². The van der Waals surface area contributed by atoms with Gasteiger partial charge in [-0.3, -0.25) is 4.68 Å². The number of aromatic carboxylic acids is 1. The van der Waals surface area contributed by atoms with E-state index >= 15 is 4.39 Å². The first kappa shape index (κ1) is 38.2. The van der Waals surface area contributed by atoms with Crippen LogP contribution in [0.2, 0.25) is 10.0 Å². The van der Waals surface area contributed by atoms with E-state index in [4.69, 9.17) is 42.5 Å². The molecule has 0 amide bonds. The van der Waals surface area contributed by atoms with Gasteiger partial charge >= 0.3 is 5.97 Å². The number of ether oxygens (including phenoxy) is 3. The molecule has 3 aromatic heterocycles. The number of aromatic nitrogens is 5. The van der Waals surface area contributed by atoms with Crippen molar-refractivity contribution in [2.24, 2.45) is 7.05 Å². The lowest BCUT2D eigenvalue weighted by Gasteiger charge is -2.14. The Kier molecular flexibility index (Phi) is 11.6. The number of carboxylic acids is 1. The highest BCUT2D eigenvalue weighted by Gasteiger charge is 2.30. The first-order valence-corrected chi connectivity index (χ1v) is 19.8. The third kappa shape index (κ3) is 7.46. The molecule has 2 N–H and O–H groups in total. The zero-order valence-corrected chi connectivity index (χ0v) is 33.1. The monoisotopic (exact) mass is 794 g/mol. The molecule has 7 rings (SSSR count). The molecule has 10 nitrogen and oxygen atoms in total. The van der Waals surface area contributed by atoms with Crippen LogP contribution in [-0.2, 0) is 54.0 Å². The van der Waals surface area contributed by atoms with Gasteiger partial charge in [0.05, 0.1) is 41.8 Å². The Hall–Kier alpha value is -4.07. The van der Waals surface area contributed by atoms with Crippen LogP contribution < -0.4 is 9.42 Å². The molecule has 0 saturated heterocycles. The number of aromatic amines is 1. The van der Waals surface area contributed by atoms with Gasteiger partial charge in [0.1, 0.15) is 23.9 Å². The van der Waals surface area contributed by atoms with Gasteiger partial charge in [0.15, 0.2) is 6.54 Å². The lowest BCUT2D eigenvalue weighted by molar-refractivity contribution is -0.756. The molecular formula is C40H43Cl2FN5O5S+. The number of H-pyrrole nitrogens is 1. The standard InChI is InChI=1S/C40H42Cl2FN5O5S/c1-23-35-33-11-10-30(41)37(35)36-24(2)48(13-15-52-17-16-51-4)45-32(36)22-54-21-26-20-27(46(3)44-26)7-6-25-18-29-28(8-9-31(42)38(29)43)34(19-25)53-14-5-12-47(33)39(23)40(49)50/h8-11,18-20H,5-7,12-17,21-22H2,1-4H3,(H,49,50)/p+1. The molecule has 0 aliphatic carbocycles. The van der Waals surface area contributed by atoms with Gasteiger partial charge in [0, 0.05) is 77.1 Å². The second kappa shape index (κ2) is 16.3. The van der Waals surface area contributed by atoms with Crippen molar-refractivity contribution in [3.8, 4) is 16.9 Å². The SMILES string of the molecule is COCCOCC[n+]1[nH]c2c(c1C)-c1c(Cl)ccc3c1c(C)c(C(=O)O)n3CCCOc1cc(cc3c(F)c(Cl)ccc13)CCc1cc(nn1C)CSC2. The molecule has 0 unspecified atom stereocenters. The molecule has 0 saturated carbocycles. The minimum atomic E-state index is -1.02. The maximum absolute atomic E-state index is 15.4. The predicted octanol–water partition coefficient (Wildman–Crippen LogP) is 8.24. The second-order valence-corrected chi connectivity index (χ2v) is 15.4. The summed E-state index contributed by atoms with van der Waals surface area (Å²) < 4.78 is 38.5. The number of carboxylic acid groups (broad SMARTS) is 1. The number of nitrogens with one attached hydrogen (secondary N) is 1. The largest absolute Gasteiger partial charge is 0.493 e. The molecule has 3 aromatic carbocycles. The molecule has 0 radical (unpaired) electrons. The van der Waals surface area contributed by atoms with Crippen LogP contribution >= 0.6 is 35.0 Å². The summed E-state index contributed by atoms with van der Waals surface area (Å²) in [4.78, 5) is 12.9. The van der Waals surface area contributed by atoms with Crippen molar-refractivity contribution < 1.29 is 33.2 Å². The summed E-state index contributed by atoms with van der Waals surface area (Å²) >= 11 is 15.1. The van der Waals surface area contributed by atoms with Crippen LogP contribution in [0.15, 0.2) is 42.5 Å². The Morgan fingerprint density at radius 2 is 1.87 bits per heavy atom. The first-order chi connectivity index (χ1) is 26.1. The second-order valence-electron chi connectivity index (χ2n) is 13.6. The highest BCUT2D eigenvalue weighted by atomic mass is 35.5. The van der Waals surface area contributed by atoms with Crippen molar-refractivity contribution in [1.82, 2.24) is 19.4 Å². The molecule has 54 heavy (non-hydrogen) atoms. The predicted molar refractivity (Wildman–Crippen MR) is 211 cm³/mol.